The maximum atomic E-state index is 14.8. The highest BCUT2D eigenvalue weighted by Gasteiger charge is 2.26. The second kappa shape index (κ2) is 12.7. The highest BCUT2D eigenvalue weighted by atomic mass is 32.2. The fourth-order valence-corrected chi connectivity index (χ4v) is 5.90. The van der Waals surface area contributed by atoms with Crippen LogP contribution < -0.4 is 15.0 Å². The number of carboxylic acid groups (broad SMARTS) is 1. The molecule has 14 heteroatoms. The Balaban J connectivity index is 1.54. The van der Waals surface area contributed by atoms with E-state index in [0.717, 1.165) is 29.3 Å². The predicted molar refractivity (Wildman–Crippen MR) is 154 cm³/mol. The third-order valence-corrected chi connectivity index (χ3v) is 9.33. The lowest BCUT2D eigenvalue weighted by molar-refractivity contribution is 0.112. The van der Waals surface area contributed by atoms with Gasteiger partial charge in [0.05, 0.1) is 22.9 Å². The molecule has 2 heterocycles. The molecule has 1 fully saturated rings. The lowest BCUT2D eigenvalue weighted by Crippen LogP contribution is -2.39. The minimum Gasteiger partial charge on any atom is -0.465 e. The average molecular weight is 601 g/mol. The van der Waals surface area contributed by atoms with Gasteiger partial charge in [0.25, 0.3) is 5.56 Å². The number of carbonyl (C=O) groups is 1. The second-order valence-corrected chi connectivity index (χ2v) is 12.1. The van der Waals surface area contributed by atoms with Gasteiger partial charge in [-0.2, -0.15) is 18.0 Å². The molecule has 2 N–H and O–H groups in total. The molecule has 1 aromatic heterocycles. The summed E-state index contributed by atoms with van der Waals surface area (Å²) in [6.45, 7) is 5.33. The van der Waals surface area contributed by atoms with Crippen molar-refractivity contribution in [1.29, 1.82) is 5.26 Å². The molecule has 4 rings (SSSR count). The molecule has 0 saturated carbocycles. The molecule has 1 amide bonds. The Kier molecular flexibility index (Phi) is 9.33. The Morgan fingerprint density at radius 3 is 2.67 bits per heavy atom. The van der Waals surface area contributed by atoms with Crippen LogP contribution in [0.25, 0.3) is 10.9 Å². The molecule has 2 aromatic carbocycles. The molecule has 224 valence electrons. The Labute approximate surface area is 243 Å². The lowest BCUT2D eigenvalue weighted by atomic mass is 9.83. The normalized spacial score (nSPS) is 15.0. The molecule has 1 unspecified atom stereocenters. The summed E-state index contributed by atoms with van der Waals surface area (Å²) in [5.41, 5.74) is -0.414. The van der Waals surface area contributed by atoms with Crippen molar-refractivity contribution in [3.05, 3.63) is 58.4 Å². The van der Waals surface area contributed by atoms with Crippen LogP contribution in [-0.2, 0) is 16.8 Å². The van der Waals surface area contributed by atoms with Crippen LogP contribution in [-0.4, -0.2) is 65.1 Å². The van der Waals surface area contributed by atoms with Gasteiger partial charge in [-0.3, -0.25) is 14.1 Å². The number of aromatic nitrogens is 2. The first-order valence-corrected chi connectivity index (χ1v) is 15.0. The van der Waals surface area contributed by atoms with E-state index in [1.54, 1.807) is 19.1 Å². The third-order valence-electron chi connectivity index (χ3n) is 7.77. The first-order chi connectivity index (χ1) is 19.9. The predicted octanol–water partition coefficient (Wildman–Crippen LogP) is 4.22. The molecular formula is C28H33FN6O6S. The van der Waals surface area contributed by atoms with Crippen LogP contribution in [0, 0.1) is 29.0 Å². The van der Waals surface area contributed by atoms with Crippen molar-refractivity contribution < 1.29 is 27.4 Å². The number of nitrogens with one attached hydrogen (secondary N) is 1. The van der Waals surface area contributed by atoms with Crippen molar-refractivity contribution in [2.75, 3.05) is 31.4 Å². The Morgan fingerprint density at radius 2 is 2.02 bits per heavy atom. The number of nitriles is 1. The van der Waals surface area contributed by atoms with Gasteiger partial charge in [-0.05, 0) is 61.4 Å². The monoisotopic (exact) mass is 600 g/mol. The summed E-state index contributed by atoms with van der Waals surface area (Å²) in [5, 5.41) is 19.1. The van der Waals surface area contributed by atoms with E-state index >= 15 is 0 Å². The Bertz CT molecular complexity index is 1680. The molecule has 12 nitrogen and oxygen atoms in total. The molecular weight excluding hydrogens is 567 g/mol. The zero-order valence-electron chi connectivity index (χ0n) is 23.6. The quantitative estimate of drug-likeness (QED) is 0.350. The number of amides is 1. The molecule has 0 aliphatic carbocycles. The maximum absolute atomic E-state index is 14.8. The number of likely N-dealkylation sites (tertiary alicyclic amines) is 1. The van der Waals surface area contributed by atoms with Crippen LogP contribution in [0.1, 0.15) is 38.7 Å². The van der Waals surface area contributed by atoms with Crippen molar-refractivity contribution in [2.24, 2.45) is 11.8 Å². The third kappa shape index (κ3) is 6.63. The van der Waals surface area contributed by atoms with E-state index in [1.807, 2.05) is 0 Å². The fourth-order valence-electron chi connectivity index (χ4n) is 4.96. The summed E-state index contributed by atoms with van der Waals surface area (Å²) in [6.07, 6.45) is 2.83. The summed E-state index contributed by atoms with van der Waals surface area (Å²) >= 11 is 0. The summed E-state index contributed by atoms with van der Waals surface area (Å²) < 4.78 is 50.3. The molecule has 1 aliphatic heterocycles. The van der Waals surface area contributed by atoms with Crippen LogP contribution in [0.5, 0.6) is 11.5 Å². The lowest BCUT2D eigenvalue weighted by Gasteiger charge is -2.33. The minimum atomic E-state index is -3.99. The number of hydrogen-bond acceptors (Lipinski definition) is 7. The van der Waals surface area contributed by atoms with Gasteiger partial charge in [-0.1, -0.05) is 13.8 Å². The van der Waals surface area contributed by atoms with Gasteiger partial charge in [0.2, 0.25) is 0 Å². The van der Waals surface area contributed by atoms with Gasteiger partial charge in [0.1, 0.15) is 17.4 Å². The zero-order valence-corrected chi connectivity index (χ0v) is 24.4. The minimum absolute atomic E-state index is 0.0683. The number of fused-ring (bicyclic) bond motifs is 1. The standard InChI is InChI=1S/C28H33FN6O6S/c1-4-33(3)42(39,40)32-25-8-6-23(29)26(22(25)16-30)41-20-5-7-24-21(15-20)27(36)35(17-31-24)12-9-18(2)19-10-13-34(14-11-19)28(37)38/h5-8,15,17-19,32H,4,9-14H2,1-3H3,(H,37,38). The smallest absolute Gasteiger partial charge is 0.407 e. The van der Waals surface area contributed by atoms with E-state index < -0.39 is 27.9 Å². The SMILES string of the molecule is CCN(C)S(=O)(=O)Nc1ccc(F)c(Oc2ccc3ncn(CCC(C)C4CCN(C(=O)O)CC4)c(=O)c3c2)c1C#N. The molecule has 1 atom stereocenters. The van der Waals surface area contributed by atoms with Gasteiger partial charge in [0.15, 0.2) is 11.6 Å². The summed E-state index contributed by atoms with van der Waals surface area (Å²) in [7, 11) is -2.63. The molecule has 42 heavy (non-hydrogen) atoms. The average Bonchev–Trinajstić information content (AvgIpc) is 2.98. The van der Waals surface area contributed by atoms with Crippen LogP contribution in [0.2, 0.25) is 0 Å². The number of aryl methyl sites for hydroxylation is 1. The van der Waals surface area contributed by atoms with Gasteiger partial charge in [-0.25, -0.2) is 14.2 Å². The van der Waals surface area contributed by atoms with E-state index in [9.17, 15) is 27.7 Å². The van der Waals surface area contributed by atoms with Crippen molar-refractivity contribution >= 4 is 32.9 Å². The van der Waals surface area contributed by atoms with Gasteiger partial charge >= 0.3 is 16.3 Å². The maximum Gasteiger partial charge on any atom is 0.407 e. The van der Waals surface area contributed by atoms with Crippen molar-refractivity contribution in [2.45, 2.75) is 39.7 Å². The summed E-state index contributed by atoms with van der Waals surface area (Å²) in [5.74, 6) is -0.670. The van der Waals surface area contributed by atoms with E-state index in [-0.39, 0.29) is 40.4 Å². The van der Waals surface area contributed by atoms with Crippen molar-refractivity contribution in [1.82, 2.24) is 18.8 Å². The zero-order chi connectivity index (χ0) is 30.6. The molecule has 1 aliphatic rings. The number of rotatable bonds is 10. The number of nitrogens with zero attached hydrogens (tertiary/aromatic N) is 5. The fraction of sp³-hybridized carbons (Fsp3) is 0.429. The van der Waals surface area contributed by atoms with Crippen molar-refractivity contribution in [3.8, 4) is 17.6 Å². The second-order valence-electron chi connectivity index (χ2n) is 10.3. The van der Waals surface area contributed by atoms with E-state index in [0.29, 0.717) is 37.5 Å². The number of halogens is 1. The van der Waals surface area contributed by atoms with Crippen LogP contribution >= 0.6 is 0 Å². The van der Waals surface area contributed by atoms with Crippen LogP contribution in [0.15, 0.2) is 41.5 Å². The largest absolute Gasteiger partial charge is 0.465 e. The molecule has 0 bridgehead atoms. The van der Waals surface area contributed by atoms with Crippen LogP contribution in [0.4, 0.5) is 14.9 Å². The number of anilines is 1. The van der Waals surface area contributed by atoms with E-state index in [4.69, 9.17) is 9.84 Å². The highest BCUT2D eigenvalue weighted by molar-refractivity contribution is 7.90. The summed E-state index contributed by atoms with van der Waals surface area (Å²) in [6, 6.07) is 8.37. The Morgan fingerprint density at radius 1 is 1.31 bits per heavy atom. The summed E-state index contributed by atoms with van der Waals surface area (Å²) in [4.78, 5) is 30.3. The molecule has 1 saturated heterocycles. The van der Waals surface area contributed by atoms with Gasteiger partial charge in [-0.15, -0.1) is 0 Å². The van der Waals surface area contributed by atoms with Crippen LogP contribution in [0.3, 0.4) is 0 Å². The number of benzene rings is 2. The number of piperidine rings is 1. The van der Waals surface area contributed by atoms with E-state index in [1.165, 1.54) is 35.0 Å². The number of hydrogen-bond donors (Lipinski definition) is 2. The molecule has 0 radical (unpaired) electrons. The first kappa shape index (κ1) is 30.7. The highest BCUT2D eigenvalue weighted by Crippen LogP contribution is 2.34. The molecule has 3 aromatic rings. The molecule has 0 spiro atoms. The Hall–Kier alpha value is -4.22. The van der Waals surface area contributed by atoms with Crippen molar-refractivity contribution in [3.63, 3.8) is 0 Å². The topological polar surface area (TPSA) is 158 Å². The number of ether oxygens (including phenoxy) is 1. The van der Waals surface area contributed by atoms with Gasteiger partial charge in [0, 0.05) is 33.2 Å². The first-order valence-electron chi connectivity index (χ1n) is 13.6. The van der Waals surface area contributed by atoms with E-state index in [2.05, 4.69) is 16.6 Å². The van der Waals surface area contributed by atoms with Gasteiger partial charge < -0.3 is 14.7 Å².